The summed E-state index contributed by atoms with van der Waals surface area (Å²) in [5.74, 6) is 0. The molecule has 1 N–H and O–H groups in total. The smallest absolute Gasteiger partial charge is 0.306 e. The van der Waals surface area contributed by atoms with Crippen molar-refractivity contribution < 1.29 is 18.4 Å². The van der Waals surface area contributed by atoms with E-state index < -0.39 is 17.9 Å². The maximum Gasteiger partial charge on any atom is 0.482 e. The number of benzene rings is 1. The monoisotopic (exact) mass is 191 g/mol. The molecule has 13 heavy (non-hydrogen) atoms. The fourth-order valence-corrected chi connectivity index (χ4v) is 0.846. The Morgan fingerprint density at radius 3 is 2.15 bits per heavy atom. The Hall–Kier alpha value is -1.07. The zero-order chi connectivity index (χ0) is 9.90. The molecule has 0 amide bonds. The van der Waals surface area contributed by atoms with Crippen molar-refractivity contribution in [2.75, 3.05) is 0 Å². The molecule has 1 aromatic rings. The third kappa shape index (κ3) is 3.04. The minimum absolute atomic E-state index is 0.405. The molecule has 0 saturated carbocycles. The number of alkyl halides is 3. The van der Waals surface area contributed by atoms with Gasteiger partial charge in [-0.15, -0.1) is 0 Å². The summed E-state index contributed by atoms with van der Waals surface area (Å²) in [7, 11) is 0. The van der Waals surface area contributed by atoms with Gasteiger partial charge in [0, 0.05) is 0 Å². The molecule has 0 aliphatic heterocycles. The summed E-state index contributed by atoms with van der Waals surface area (Å²) in [5.41, 5.74) is 0.405. The van der Waals surface area contributed by atoms with Crippen molar-refractivity contribution in [1.82, 2.24) is 5.06 Å². The van der Waals surface area contributed by atoms with E-state index in [2.05, 4.69) is 0 Å². The molecule has 1 rings (SSSR count). The van der Waals surface area contributed by atoms with Crippen LogP contribution in [0.2, 0.25) is 0 Å². The van der Waals surface area contributed by atoms with Gasteiger partial charge >= 0.3 is 6.30 Å². The summed E-state index contributed by atoms with van der Waals surface area (Å²) in [6, 6.07) is 7.93. The number of hydroxylamine groups is 2. The first kappa shape index (κ1) is 10.0. The van der Waals surface area contributed by atoms with Gasteiger partial charge in [0.15, 0.2) is 0 Å². The topological polar surface area (TPSA) is 23.5 Å². The summed E-state index contributed by atoms with van der Waals surface area (Å²) < 4.78 is 35.4. The molecule has 1 aromatic carbocycles. The first-order chi connectivity index (χ1) is 6.00. The third-order valence-electron chi connectivity index (χ3n) is 1.47. The van der Waals surface area contributed by atoms with E-state index in [-0.39, 0.29) is 0 Å². The van der Waals surface area contributed by atoms with Crippen molar-refractivity contribution in [3.8, 4) is 0 Å². The highest BCUT2D eigenvalue weighted by atomic mass is 19.4. The average molecular weight is 191 g/mol. The van der Waals surface area contributed by atoms with Gasteiger partial charge in [-0.25, -0.2) is 0 Å². The Morgan fingerprint density at radius 1 is 1.15 bits per heavy atom. The van der Waals surface area contributed by atoms with Gasteiger partial charge in [-0.3, -0.25) is 0 Å². The van der Waals surface area contributed by atoms with E-state index in [9.17, 15) is 13.2 Å². The van der Waals surface area contributed by atoms with Crippen LogP contribution in [0.15, 0.2) is 30.3 Å². The molecule has 0 spiro atoms. The van der Waals surface area contributed by atoms with E-state index in [0.717, 1.165) is 0 Å². The average Bonchev–Trinajstić information content (AvgIpc) is 2.04. The van der Waals surface area contributed by atoms with E-state index in [1.807, 2.05) is 0 Å². The SMILES string of the molecule is ON(Cc1ccccc1)C(F)(F)F. The highest BCUT2D eigenvalue weighted by Gasteiger charge is 2.36. The van der Waals surface area contributed by atoms with E-state index >= 15 is 0 Å². The summed E-state index contributed by atoms with van der Waals surface area (Å²) in [6.07, 6.45) is -4.70. The van der Waals surface area contributed by atoms with Crippen LogP contribution in [0.4, 0.5) is 13.2 Å². The summed E-state index contributed by atoms with van der Waals surface area (Å²) in [6.45, 7) is -0.551. The molecule has 0 aliphatic rings. The van der Waals surface area contributed by atoms with E-state index in [0.29, 0.717) is 5.56 Å². The van der Waals surface area contributed by atoms with Crippen LogP contribution >= 0.6 is 0 Å². The largest absolute Gasteiger partial charge is 0.482 e. The van der Waals surface area contributed by atoms with E-state index in [4.69, 9.17) is 5.21 Å². The van der Waals surface area contributed by atoms with Gasteiger partial charge < -0.3 is 5.21 Å². The lowest BCUT2D eigenvalue weighted by Gasteiger charge is -2.17. The lowest BCUT2D eigenvalue weighted by atomic mass is 10.2. The third-order valence-corrected chi connectivity index (χ3v) is 1.47. The van der Waals surface area contributed by atoms with Crippen molar-refractivity contribution in [3.05, 3.63) is 35.9 Å². The minimum Gasteiger partial charge on any atom is -0.306 e. The van der Waals surface area contributed by atoms with Crippen LogP contribution in [0.25, 0.3) is 0 Å². The van der Waals surface area contributed by atoms with Gasteiger partial charge in [0.1, 0.15) is 0 Å². The van der Waals surface area contributed by atoms with Crippen molar-refractivity contribution in [2.24, 2.45) is 0 Å². The second-order valence-electron chi connectivity index (χ2n) is 2.51. The van der Waals surface area contributed by atoms with Crippen LogP contribution < -0.4 is 0 Å². The van der Waals surface area contributed by atoms with Gasteiger partial charge in [0.05, 0.1) is 6.54 Å². The standard InChI is InChI=1S/C8H8F3NO/c9-8(10,11)12(13)6-7-4-2-1-3-5-7/h1-5,13H,6H2. The number of halogens is 3. The number of hydrogen-bond acceptors (Lipinski definition) is 2. The molecular formula is C8H8F3NO. The van der Waals surface area contributed by atoms with Crippen molar-refractivity contribution >= 4 is 0 Å². The zero-order valence-corrected chi connectivity index (χ0v) is 6.62. The van der Waals surface area contributed by atoms with Crippen LogP contribution in [0, 0.1) is 0 Å². The van der Waals surface area contributed by atoms with Gasteiger partial charge in [0.25, 0.3) is 0 Å². The molecule has 0 heterocycles. The lowest BCUT2D eigenvalue weighted by Crippen LogP contribution is -2.34. The first-order valence-electron chi connectivity index (χ1n) is 3.57. The molecule has 0 fully saturated rings. The van der Waals surface area contributed by atoms with Crippen LogP contribution in [0.1, 0.15) is 5.56 Å². The Kier molecular flexibility index (Phi) is 2.90. The van der Waals surface area contributed by atoms with Gasteiger partial charge in [-0.1, -0.05) is 35.4 Å². The molecule has 0 atom stereocenters. The quantitative estimate of drug-likeness (QED) is 0.573. The number of hydrogen-bond donors (Lipinski definition) is 1. The fraction of sp³-hybridized carbons (Fsp3) is 0.250. The molecule has 0 saturated heterocycles. The Bertz CT molecular complexity index is 260. The first-order valence-corrected chi connectivity index (χ1v) is 3.57. The molecule has 2 nitrogen and oxygen atoms in total. The van der Waals surface area contributed by atoms with Crippen molar-refractivity contribution in [1.29, 1.82) is 0 Å². The van der Waals surface area contributed by atoms with Crippen molar-refractivity contribution in [3.63, 3.8) is 0 Å². The second kappa shape index (κ2) is 3.76. The molecule has 72 valence electrons. The van der Waals surface area contributed by atoms with E-state index in [1.165, 1.54) is 12.1 Å². The molecule has 0 bridgehead atoms. The summed E-state index contributed by atoms with van der Waals surface area (Å²) >= 11 is 0. The normalized spacial score (nSPS) is 12.1. The zero-order valence-electron chi connectivity index (χ0n) is 6.62. The Balaban J connectivity index is 2.61. The molecule has 0 aliphatic carbocycles. The van der Waals surface area contributed by atoms with Gasteiger partial charge in [-0.2, -0.15) is 13.2 Å². The number of rotatable bonds is 2. The molecular weight excluding hydrogens is 183 g/mol. The lowest BCUT2D eigenvalue weighted by molar-refractivity contribution is -0.357. The van der Waals surface area contributed by atoms with Gasteiger partial charge in [0.2, 0.25) is 0 Å². The fourth-order valence-electron chi connectivity index (χ4n) is 0.846. The molecule has 0 radical (unpaired) electrons. The maximum absolute atomic E-state index is 11.8. The predicted octanol–water partition coefficient (Wildman–Crippen LogP) is 2.40. The highest BCUT2D eigenvalue weighted by Crippen LogP contribution is 2.20. The summed E-state index contributed by atoms with van der Waals surface area (Å²) in [4.78, 5) is 0. The van der Waals surface area contributed by atoms with Crippen molar-refractivity contribution in [2.45, 2.75) is 12.8 Å². The van der Waals surface area contributed by atoms with Crippen LogP contribution in [0.5, 0.6) is 0 Å². The number of nitrogens with zero attached hydrogens (tertiary/aromatic N) is 1. The minimum atomic E-state index is -4.70. The maximum atomic E-state index is 11.8. The van der Waals surface area contributed by atoms with Crippen LogP contribution in [0.3, 0.4) is 0 Å². The molecule has 5 heteroatoms. The summed E-state index contributed by atoms with van der Waals surface area (Å²) in [5, 5.41) is 7.90. The Labute approximate surface area is 73.2 Å². The predicted molar refractivity (Wildman–Crippen MR) is 39.8 cm³/mol. The molecule has 0 aromatic heterocycles. The highest BCUT2D eigenvalue weighted by molar-refractivity contribution is 5.14. The van der Waals surface area contributed by atoms with Crippen LogP contribution in [-0.4, -0.2) is 16.6 Å². The Morgan fingerprint density at radius 2 is 1.69 bits per heavy atom. The van der Waals surface area contributed by atoms with E-state index in [1.54, 1.807) is 18.2 Å². The molecule has 0 unspecified atom stereocenters. The second-order valence-corrected chi connectivity index (χ2v) is 2.51. The van der Waals surface area contributed by atoms with Gasteiger partial charge in [-0.05, 0) is 5.56 Å². The van der Waals surface area contributed by atoms with Crippen LogP contribution in [-0.2, 0) is 6.54 Å².